The first-order valence-corrected chi connectivity index (χ1v) is 10.8. The van der Waals surface area contributed by atoms with Crippen molar-refractivity contribution in [1.82, 2.24) is 5.32 Å². The van der Waals surface area contributed by atoms with Crippen LogP contribution in [0.5, 0.6) is 0 Å². The number of nitrogens with one attached hydrogen (secondary N) is 1. The number of hydrogen-bond donors (Lipinski definition) is 1. The molecule has 0 unspecified atom stereocenters. The Labute approximate surface area is 160 Å². The van der Waals surface area contributed by atoms with E-state index in [9.17, 15) is 13.2 Å². The molecule has 3 aromatic carbocycles. The number of hydrogen-bond acceptors (Lipinski definition) is 3. The third-order valence-electron chi connectivity index (χ3n) is 4.69. The van der Waals surface area contributed by atoms with Gasteiger partial charge in [0, 0.05) is 12.7 Å². The van der Waals surface area contributed by atoms with Crippen LogP contribution in [0.3, 0.4) is 0 Å². The van der Waals surface area contributed by atoms with Crippen LogP contribution in [0.1, 0.15) is 30.5 Å². The van der Waals surface area contributed by atoms with Crippen molar-refractivity contribution in [1.29, 1.82) is 0 Å². The number of benzene rings is 3. The van der Waals surface area contributed by atoms with Crippen molar-refractivity contribution in [3.05, 3.63) is 77.9 Å². The molecule has 3 aromatic rings. The van der Waals surface area contributed by atoms with Gasteiger partial charge in [-0.3, -0.25) is 4.79 Å². The van der Waals surface area contributed by atoms with Gasteiger partial charge in [0.15, 0.2) is 9.84 Å². The molecule has 0 aliphatic heterocycles. The summed E-state index contributed by atoms with van der Waals surface area (Å²) >= 11 is 0. The van der Waals surface area contributed by atoms with E-state index in [4.69, 9.17) is 0 Å². The molecular formula is C22H23NO3S. The predicted molar refractivity (Wildman–Crippen MR) is 108 cm³/mol. The van der Waals surface area contributed by atoms with Gasteiger partial charge in [-0.15, -0.1) is 0 Å². The van der Waals surface area contributed by atoms with E-state index in [-0.39, 0.29) is 16.8 Å². The largest absolute Gasteiger partial charge is 0.350 e. The van der Waals surface area contributed by atoms with Gasteiger partial charge < -0.3 is 5.32 Å². The van der Waals surface area contributed by atoms with Gasteiger partial charge in [-0.05, 0) is 47.4 Å². The normalized spacial score (nSPS) is 12.7. The second-order valence-corrected chi connectivity index (χ2v) is 8.78. The van der Waals surface area contributed by atoms with Gasteiger partial charge in [-0.1, -0.05) is 54.6 Å². The monoisotopic (exact) mass is 381 g/mol. The second-order valence-electron chi connectivity index (χ2n) is 6.77. The topological polar surface area (TPSA) is 63.2 Å². The van der Waals surface area contributed by atoms with Gasteiger partial charge in [-0.25, -0.2) is 8.42 Å². The van der Waals surface area contributed by atoms with Gasteiger partial charge in [0.1, 0.15) is 0 Å². The number of amides is 1. The minimum atomic E-state index is -3.21. The van der Waals surface area contributed by atoms with E-state index in [0.717, 1.165) is 11.1 Å². The second kappa shape index (κ2) is 7.92. The van der Waals surface area contributed by atoms with Crippen molar-refractivity contribution < 1.29 is 13.2 Å². The summed E-state index contributed by atoms with van der Waals surface area (Å²) in [5.41, 5.74) is 2.04. The van der Waals surface area contributed by atoms with Crippen molar-refractivity contribution in [2.75, 3.05) is 6.26 Å². The Morgan fingerprint density at radius 1 is 0.963 bits per heavy atom. The lowest BCUT2D eigenvalue weighted by atomic mass is 10.0. The van der Waals surface area contributed by atoms with E-state index in [0.29, 0.717) is 12.8 Å². The summed E-state index contributed by atoms with van der Waals surface area (Å²) in [5, 5.41) is 5.34. The SMILES string of the molecule is C[C@@H](NC(=O)CCc1cccc2ccccc12)c1ccc(S(C)(=O)=O)cc1. The van der Waals surface area contributed by atoms with Gasteiger partial charge in [0.05, 0.1) is 10.9 Å². The minimum Gasteiger partial charge on any atom is -0.350 e. The third kappa shape index (κ3) is 4.74. The van der Waals surface area contributed by atoms with E-state index >= 15 is 0 Å². The van der Waals surface area contributed by atoms with Crippen LogP contribution in [0.15, 0.2) is 71.6 Å². The van der Waals surface area contributed by atoms with E-state index in [1.165, 1.54) is 17.0 Å². The van der Waals surface area contributed by atoms with Gasteiger partial charge >= 0.3 is 0 Å². The first kappa shape index (κ1) is 19.1. The molecule has 0 saturated heterocycles. The van der Waals surface area contributed by atoms with Crippen LogP contribution in [-0.2, 0) is 21.1 Å². The van der Waals surface area contributed by atoms with Gasteiger partial charge in [0.2, 0.25) is 5.91 Å². The van der Waals surface area contributed by atoms with Crippen molar-refractivity contribution in [3.8, 4) is 0 Å². The van der Waals surface area contributed by atoms with Crippen LogP contribution >= 0.6 is 0 Å². The molecule has 0 aliphatic rings. The van der Waals surface area contributed by atoms with Crippen LogP contribution in [0, 0.1) is 0 Å². The number of carbonyl (C=O) groups excluding carboxylic acids is 1. The molecule has 1 amide bonds. The smallest absolute Gasteiger partial charge is 0.220 e. The van der Waals surface area contributed by atoms with Crippen molar-refractivity contribution in [3.63, 3.8) is 0 Å². The maximum atomic E-state index is 12.4. The highest BCUT2D eigenvalue weighted by Gasteiger charge is 2.12. The zero-order valence-corrected chi connectivity index (χ0v) is 16.3. The van der Waals surface area contributed by atoms with Crippen LogP contribution in [0.2, 0.25) is 0 Å². The fourth-order valence-electron chi connectivity index (χ4n) is 3.16. The predicted octanol–water partition coefficient (Wildman–Crippen LogP) is 4.05. The maximum Gasteiger partial charge on any atom is 0.220 e. The molecule has 27 heavy (non-hydrogen) atoms. The Bertz CT molecular complexity index is 1050. The summed E-state index contributed by atoms with van der Waals surface area (Å²) in [6.45, 7) is 1.89. The standard InChI is InChI=1S/C22H23NO3S/c1-16(17-10-13-20(14-11-17)27(2,25)26)23-22(24)15-12-19-8-5-7-18-6-3-4-9-21(18)19/h3-11,13-14,16H,12,15H2,1-2H3,(H,23,24)/t16-/m1/s1. The summed E-state index contributed by atoms with van der Waals surface area (Å²) < 4.78 is 23.1. The van der Waals surface area contributed by atoms with Crippen molar-refractivity contribution >= 4 is 26.5 Å². The number of fused-ring (bicyclic) bond motifs is 1. The molecule has 5 heteroatoms. The van der Waals surface area contributed by atoms with Crippen LogP contribution in [0.4, 0.5) is 0 Å². The fourth-order valence-corrected chi connectivity index (χ4v) is 3.79. The maximum absolute atomic E-state index is 12.4. The van der Waals surface area contributed by atoms with E-state index in [1.54, 1.807) is 24.3 Å². The Morgan fingerprint density at radius 3 is 2.33 bits per heavy atom. The highest BCUT2D eigenvalue weighted by molar-refractivity contribution is 7.90. The van der Waals surface area contributed by atoms with Crippen molar-refractivity contribution in [2.24, 2.45) is 0 Å². The third-order valence-corrected chi connectivity index (χ3v) is 5.82. The number of rotatable bonds is 6. The molecule has 0 aromatic heterocycles. The lowest BCUT2D eigenvalue weighted by molar-refractivity contribution is -0.121. The van der Waals surface area contributed by atoms with Gasteiger partial charge in [0.25, 0.3) is 0 Å². The van der Waals surface area contributed by atoms with Crippen LogP contribution in [0.25, 0.3) is 10.8 Å². The van der Waals surface area contributed by atoms with E-state index < -0.39 is 9.84 Å². The quantitative estimate of drug-likeness (QED) is 0.700. The summed E-state index contributed by atoms with van der Waals surface area (Å²) in [6, 6.07) is 20.8. The minimum absolute atomic E-state index is 0.0253. The molecule has 0 aliphatic carbocycles. The highest BCUT2D eigenvalue weighted by Crippen LogP contribution is 2.20. The van der Waals surface area contributed by atoms with Crippen LogP contribution < -0.4 is 5.32 Å². The summed E-state index contributed by atoms with van der Waals surface area (Å²) in [7, 11) is -3.21. The lowest BCUT2D eigenvalue weighted by Gasteiger charge is -2.15. The number of carbonyl (C=O) groups is 1. The van der Waals surface area contributed by atoms with Gasteiger partial charge in [-0.2, -0.15) is 0 Å². The summed E-state index contributed by atoms with van der Waals surface area (Å²) in [4.78, 5) is 12.6. The highest BCUT2D eigenvalue weighted by atomic mass is 32.2. The van der Waals surface area contributed by atoms with Crippen LogP contribution in [-0.4, -0.2) is 20.6 Å². The molecule has 0 saturated carbocycles. The molecule has 0 radical (unpaired) electrons. The number of sulfone groups is 1. The summed E-state index contributed by atoms with van der Waals surface area (Å²) in [6.07, 6.45) is 2.26. The lowest BCUT2D eigenvalue weighted by Crippen LogP contribution is -2.26. The Balaban J connectivity index is 1.62. The average Bonchev–Trinajstić information content (AvgIpc) is 2.65. The molecule has 0 heterocycles. The molecule has 0 bridgehead atoms. The first-order valence-electron chi connectivity index (χ1n) is 8.90. The Hall–Kier alpha value is -2.66. The molecule has 0 fully saturated rings. The van der Waals surface area contributed by atoms with Crippen molar-refractivity contribution in [2.45, 2.75) is 30.7 Å². The molecule has 1 atom stereocenters. The van der Waals surface area contributed by atoms with E-state index in [1.807, 2.05) is 25.1 Å². The molecule has 0 spiro atoms. The number of aryl methyl sites for hydroxylation is 1. The zero-order chi connectivity index (χ0) is 19.4. The molecule has 1 N–H and O–H groups in total. The molecule has 140 valence electrons. The first-order chi connectivity index (χ1) is 12.8. The molecule has 3 rings (SSSR count). The summed E-state index contributed by atoms with van der Waals surface area (Å²) in [5.74, 6) is -0.0253. The fraction of sp³-hybridized carbons (Fsp3) is 0.227. The van der Waals surface area contributed by atoms with E-state index in [2.05, 4.69) is 29.6 Å². The molecular weight excluding hydrogens is 358 g/mol. The zero-order valence-electron chi connectivity index (χ0n) is 15.5. The average molecular weight is 381 g/mol. The molecule has 4 nitrogen and oxygen atoms in total. The Kier molecular flexibility index (Phi) is 5.61. The Morgan fingerprint density at radius 2 is 1.63 bits per heavy atom.